The molecule has 1 saturated heterocycles. The first-order chi connectivity index (χ1) is 11.1. The molecule has 2 rings (SSSR count). The fourth-order valence-corrected chi connectivity index (χ4v) is 2.49. The molecule has 1 unspecified atom stereocenters. The van der Waals surface area contributed by atoms with E-state index in [2.05, 4.69) is 12.2 Å². The maximum Gasteiger partial charge on any atom is 0.515 e. The molecule has 1 aromatic rings. The Morgan fingerprint density at radius 1 is 1.35 bits per heavy atom. The predicted molar refractivity (Wildman–Crippen MR) is 84.2 cm³/mol. The van der Waals surface area contributed by atoms with Crippen LogP contribution in [0.3, 0.4) is 0 Å². The second-order valence-corrected chi connectivity index (χ2v) is 5.67. The summed E-state index contributed by atoms with van der Waals surface area (Å²) in [5.41, 5.74) is 0.853. The van der Waals surface area contributed by atoms with Crippen LogP contribution >= 0.6 is 0 Å². The van der Waals surface area contributed by atoms with Crippen molar-refractivity contribution < 1.29 is 24.2 Å². The van der Waals surface area contributed by atoms with E-state index in [0.717, 1.165) is 37.7 Å². The molecule has 1 heterocycles. The SMILES string of the molecule is CCCCCCc1ccc(O)cc1OC(=O)OC1CCC(=O)N1. The average Bonchev–Trinajstić information content (AvgIpc) is 2.90. The average molecular weight is 321 g/mol. The smallest absolute Gasteiger partial charge is 0.508 e. The zero-order chi connectivity index (χ0) is 16.7. The molecule has 2 N–H and O–H groups in total. The van der Waals surface area contributed by atoms with Gasteiger partial charge in [-0.1, -0.05) is 32.3 Å². The first-order valence-corrected chi connectivity index (χ1v) is 8.08. The Morgan fingerprint density at radius 3 is 2.87 bits per heavy atom. The number of carbonyl (C=O) groups excluding carboxylic acids is 2. The lowest BCUT2D eigenvalue weighted by Gasteiger charge is -2.14. The van der Waals surface area contributed by atoms with Gasteiger partial charge in [-0.15, -0.1) is 0 Å². The number of aromatic hydroxyl groups is 1. The summed E-state index contributed by atoms with van der Waals surface area (Å²) in [6.45, 7) is 2.15. The summed E-state index contributed by atoms with van der Waals surface area (Å²) in [7, 11) is 0. The van der Waals surface area contributed by atoms with Crippen molar-refractivity contribution >= 4 is 12.1 Å². The standard InChI is InChI=1S/C17H23NO5/c1-2-3-4-5-6-12-7-8-13(19)11-14(12)22-17(21)23-16-10-9-15(20)18-16/h7-8,11,16,19H,2-6,9-10H2,1H3,(H,18,20). The summed E-state index contributed by atoms with van der Waals surface area (Å²) in [5, 5.41) is 12.1. The fourth-order valence-electron chi connectivity index (χ4n) is 2.49. The fraction of sp³-hybridized carbons (Fsp3) is 0.529. The summed E-state index contributed by atoms with van der Waals surface area (Å²) in [6, 6.07) is 4.73. The van der Waals surface area contributed by atoms with Crippen LogP contribution in [0.15, 0.2) is 18.2 Å². The zero-order valence-corrected chi connectivity index (χ0v) is 13.3. The number of phenols is 1. The van der Waals surface area contributed by atoms with Crippen molar-refractivity contribution in [1.82, 2.24) is 5.32 Å². The molecule has 0 bridgehead atoms. The van der Waals surface area contributed by atoms with Crippen molar-refractivity contribution in [2.24, 2.45) is 0 Å². The van der Waals surface area contributed by atoms with Crippen LogP contribution in [0.25, 0.3) is 0 Å². The van der Waals surface area contributed by atoms with E-state index in [1.807, 2.05) is 0 Å². The molecule has 1 atom stereocenters. The summed E-state index contributed by atoms with van der Waals surface area (Å²) >= 11 is 0. The Kier molecular flexibility index (Phi) is 6.26. The van der Waals surface area contributed by atoms with Crippen molar-refractivity contribution in [3.8, 4) is 11.5 Å². The molecule has 23 heavy (non-hydrogen) atoms. The normalized spacial score (nSPS) is 16.9. The van der Waals surface area contributed by atoms with E-state index in [-0.39, 0.29) is 11.7 Å². The van der Waals surface area contributed by atoms with Gasteiger partial charge in [0.25, 0.3) is 0 Å². The third kappa shape index (κ3) is 5.47. The van der Waals surface area contributed by atoms with E-state index in [1.165, 1.54) is 6.07 Å². The number of benzene rings is 1. The molecule has 0 spiro atoms. The molecule has 6 heteroatoms. The third-order valence-corrected chi connectivity index (χ3v) is 3.74. The number of amides is 1. The van der Waals surface area contributed by atoms with E-state index in [4.69, 9.17) is 9.47 Å². The quantitative estimate of drug-likeness (QED) is 0.457. The minimum atomic E-state index is -0.877. The molecule has 0 aliphatic carbocycles. The van der Waals surface area contributed by atoms with Gasteiger partial charge in [-0.25, -0.2) is 4.79 Å². The van der Waals surface area contributed by atoms with E-state index in [1.54, 1.807) is 12.1 Å². The van der Waals surface area contributed by atoms with Gasteiger partial charge in [-0.05, 0) is 24.5 Å². The molecule has 126 valence electrons. The second kappa shape index (κ2) is 8.41. The maximum absolute atomic E-state index is 11.8. The molecule has 6 nitrogen and oxygen atoms in total. The largest absolute Gasteiger partial charge is 0.515 e. The highest BCUT2D eigenvalue weighted by Gasteiger charge is 2.25. The lowest BCUT2D eigenvalue weighted by Crippen LogP contribution is -2.31. The van der Waals surface area contributed by atoms with Crippen LogP contribution in [0, 0.1) is 0 Å². The summed E-state index contributed by atoms with van der Waals surface area (Å²) in [4.78, 5) is 22.9. The molecule has 1 aromatic carbocycles. The summed E-state index contributed by atoms with van der Waals surface area (Å²) in [6.07, 6.45) is 4.44. The lowest BCUT2D eigenvalue weighted by atomic mass is 10.1. The Morgan fingerprint density at radius 2 is 2.17 bits per heavy atom. The third-order valence-electron chi connectivity index (χ3n) is 3.74. The first-order valence-electron chi connectivity index (χ1n) is 8.08. The van der Waals surface area contributed by atoms with Gasteiger partial charge >= 0.3 is 6.16 Å². The monoisotopic (exact) mass is 321 g/mol. The lowest BCUT2D eigenvalue weighted by molar-refractivity contribution is -0.120. The van der Waals surface area contributed by atoms with Crippen LogP contribution in [0.1, 0.15) is 51.0 Å². The van der Waals surface area contributed by atoms with Crippen LogP contribution < -0.4 is 10.1 Å². The number of rotatable bonds is 7. The minimum absolute atomic E-state index is 0.0271. The van der Waals surface area contributed by atoms with Gasteiger partial charge < -0.3 is 19.9 Å². The Balaban J connectivity index is 1.92. The molecule has 1 amide bonds. The van der Waals surface area contributed by atoms with Gasteiger partial charge in [0, 0.05) is 18.9 Å². The Bertz CT molecular complexity index is 558. The van der Waals surface area contributed by atoms with Gasteiger partial charge in [-0.2, -0.15) is 0 Å². The minimum Gasteiger partial charge on any atom is -0.508 e. The van der Waals surface area contributed by atoms with E-state index in [0.29, 0.717) is 18.6 Å². The number of hydrogen-bond donors (Lipinski definition) is 2. The van der Waals surface area contributed by atoms with Crippen molar-refractivity contribution in [3.63, 3.8) is 0 Å². The predicted octanol–water partition coefficient (Wildman–Crippen LogP) is 3.27. The van der Waals surface area contributed by atoms with Crippen LogP contribution in [0.5, 0.6) is 11.5 Å². The van der Waals surface area contributed by atoms with Gasteiger partial charge in [0.05, 0.1) is 0 Å². The highest BCUT2D eigenvalue weighted by Crippen LogP contribution is 2.26. The van der Waals surface area contributed by atoms with E-state index >= 15 is 0 Å². The van der Waals surface area contributed by atoms with Crippen molar-refractivity contribution in [1.29, 1.82) is 0 Å². The highest BCUT2D eigenvalue weighted by molar-refractivity contribution is 5.78. The number of phenolic OH excluding ortho intramolecular Hbond substituents is 1. The van der Waals surface area contributed by atoms with Gasteiger partial charge in [-0.3, -0.25) is 4.79 Å². The first kappa shape index (κ1) is 17.1. The van der Waals surface area contributed by atoms with Crippen LogP contribution in [-0.2, 0) is 16.0 Å². The van der Waals surface area contributed by atoms with Crippen LogP contribution in [0.4, 0.5) is 4.79 Å². The number of hydrogen-bond acceptors (Lipinski definition) is 5. The van der Waals surface area contributed by atoms with Crippen molar-refractivity contribution in [3.05, 3.63) is 23.8 Å². The summed E-state index contributed by atoms with van der Waals surface area (Å²) < 4.78 is 10.3. The molecule has 1 aliphatic rings. The molecule has 1 aliphatic heterocycles. The molecule has 0 saturated carbocycles. The van der Waals surface area contributed by atoms with Gasteiger partial charge in [0.1, 0.15) is 11.5 Å². The maximum atomic E-state index is 11.8. The topological polar surface area (TPSA) is 84.9 Å². The van der Waals surface area contributed by atoms with E-state index in [9.17, 15) is 14.7 Å². The number of unbranched alkanes of at least 4 members (excludes halogenated alkanes) is 3. The number of nitrogens with one attached hydrogen (secondary N) is 1. The molecule has 0 aromatic heterocycles. The Hall–Kier alpha value is -2.24. The second-order valence-electron chi connectivity index (χ2n) is 5.67. The summed E-state index contributed by atoms with van der Waals surface area (Å²) in [5.74, 6) is 0.187. The van der Waals surface area contributed by atoms with Crippen molar-refractivity contribution in [2.75, 3.05) is 0 Å². The van der Waals surface area contributed by atoms with Gasteiger partial charge in [0.2, 0.25) is 5.91 Å². The highest BCUT2D eigenvalue weighted by atomic mass is 16.7. The molecule has 1 fully saturated rings. The van der Waals surface area contributed by atoms with Crippen LogP contribution in [-0.4, -0.2) is 23.4 Å². The number of aryl methyl sites for hydroxylation is 1. The number of carbonyl (C=O) groups is 2. The molecular weight excluding hydrogens is 298 g/mol. The Labute approximate surface area is 135 Å². The van der Waals surface area contributed by atoms with E-state index < -0.39 is 12.4 Å². The van der Waals surface area contributed by atoms with Crippen molar-refractivity contribution in [2.45, 2.75) is 58.1 Å². The van der Waals surface area contributed by atoms with Crippen LogP contribution in [0.2, 0.25) is 0 Å². The molecular formula is C17H23NO5. The molecule has 0 radical (unpaired) electrons. The van der Waals surface area contributed by atoms with Gasteiger partial charge in [0.15, 0.2) is 6.23 Å². The number of ether oxygens (including phenoxy) is 2. The zero-order valence-electron chi connectivity index (χ0n) is 13.3.